The second kappa shape index (κ2) is 4.62. The first-order valence-corrected chi connectivity index (χ1v) is 4.72. The number of alkyl halides is 5. The zero-order chi connectivity index (χ0) is 12.5. The Bertz CT molecular complexity index is 393. The van der Waals surface area contributed by atoms with Crippen molar-refractivity contribution in [2.24, 2.45) is 0 Å². The highest BCUT2D eigenvalue weighted by Gasteiger charge is 2.37. The highest BCUT2D eigenvalue weighted by atomic mass is 79.9. The lowest BCUT2D eigenvalue weighted by Gasteiger charge is -2.12. The first-order valence-electron chi connectivity index (χ1n) is 3.93. The SMILES string of the molecule is OCc1cc(C(F)F)nc(C(F)(F)F)c1Br. The molecule has 2 nitrogen and oxygen atoms in total. The molecule has 0 radical (unpaired) electrons. The van der Waals surface area contributed by atoms with Crippen molar-refractivity contribution < 1.29 is 27.1 Å². The number of pyridine rings is 1. The van der Waals surface area contributed by atoms with E-state index >= 15 is 0 Å². The Balaban J connectivity index is 3.42. The van der Waals surface area contributed by atoms with Crippen molar-refractivity contribution in [3.63, 3.8) is 0 Å². The molecule has 90 valence electrons. The van der Waals surface area contributed by atoms with E-state index in [4.69, 9.17) is 5.11 Å². The minimum absolute atomic E-state index is 0.280. The van der Waals surface area contributed by atoms with Crippen LogP contribution >= 0.6 is 15.9 Å². The molecule has 1 aromatic heterocycles. The summed E-state index contributed by atoms with van der Waals surface area (Å²) in [5, 5.41) is 8.74. The highest BCUT2D eigenvalue weighted by molar-refractivity contribution is 9.10. The third kappa shape index (κ3) is 2.67. The van der Waals surface area contributed by atoms with Gasteiger partial charge in [0.1, 0.15) is 5.69 Å². The maximum Gasteiger partial charge on any atom is 0.434 e. The minimum Gasteiger partial charge on any atom is -0.392 e. The molecule has 0 aromatic carbocycles. The molecule has 0 fully saturated rings. The fraction of sp³-hybridized carbons (Fsp3) is 0.375. The summed E-state index contributed by atoms with van der Waals surface area (Å²) in [7, 11) is 0. The number of hydrogen-bond acceptors (Lipinski definition) is 2. The maximum absolute atomic E-state index is 12.4. The van der Waals surface area contributed by atoms with Crippen molar-refractivity contribution in [1.29, 1.82) is 0 Å². The Morgan fingerprint density at radius 2 is 1.94 bits per heavy atom. The second-order valence-corrected chi connectivity index (χ2v) is 3.62. The molecule has 0 aliphatic heterocycles. The zero-order valence-electron chi connectivity index (χ0n) is 7.52. The Kier molecular flexibility index (Phi) is 3.84. The molecular weight excluding hydrogens is 301 g/mol. The largest absolute Gasteiger partial charge is 0.434 e. The van der Waals surface area contributed by atoms with E-state index < -0.39 is 35.1 Å². The van der Waals surface area contributed by atoms with E-state index in [0.717, 1.165) is 6.07 Å². The molecular formula is C8H5BrF5NO. The highest BCUT2D eigenvalue weighted by Crippen LogP contribution is 2.36. The Hall–Kier alpha value is -0.760. The predicted octanol–water partition coefficient (Wildman–Crippen LogP) is 3.29. The van der Waals surface area contributed by atoms with E-state index in [-0.39, 0.29) is 5.56 Å². The van der Waals surface area contributed by atoms with Crippen LogP contribution in [0, 0.1) is 0 Å². The average molecular weight is 306 g/mol. The summed E-state index contributed by atoms with van der Waals surface area (Å²) < 4.78 is 61.2. The quantitative estimate of drug-likeness (QED) is 0.851. The second-order valence-electron chi connectivity index (χ2n) is 2.83. The van der Waals surface area contributed by atoms with Gasteiger partial charge in [0, 0.05) is 0 Å². The molecule has 8 heteroatoms. The Morgan fingerprint density at radius 3 is 2.31 bits per heavy atom. The summed E-state index contributed by atoms with van der Waals surface area (Å²) in [6.07, 6.45) is -7.98. The van der Waals surface area contributed by atoms with Gasteiger partial charge in [0.25, 0.3) is 6.43 Å². The van der Waals surface area contributed by atoms with Gasteiger partial charge in [-0.05, 0) is 27.6 Å². The standard InChI is InChI=1S/C8H5BrF5NO/c9-5-3(2-16)1-4(7(10)11)15-6(5)8(12,13)14/h1,7,16H,2H2. The van der Waals surface area contributed by atoms with Gasteiger partial charge in [-0.25, -0.2) is 13.8 Å². The monoisotopic (exact) mass is 305 g/mol. The molecule has 0 saturated heterocycles. The number of nitrogens with zero attached hydrogens (tertiary/aromatic N) is 1. The molecule has 1 heterocycles. The molecule has 0 unspecified atom stereocenters. The van der Waals surface area contributed by atoms with E-state index in [1.54, 1.807) is 0 Å². The van der Waals surface area contributed by atoms with Gasteiger partial charge in [0.15, 0.2) is 5.69 Å². The zero-order valence-corrected chi connectivity index (χ0v) is 9.11. The van der Waals surface area contributed by atoms with Crippen molar-refractivity contribution in [3.8, 4) is 0 Å². The van der Waals surface area contributed by atoms with E-state index in [1.165, 1.54) is 0 Å². The molecule has 16 heavy (non-hydrogen) atoms. The summed E-state index contributed by atoms with van der Waals surface area (Å²) in [5.74, 6) is 0. The van der Waals surface area contributed by atoms with Gasteiger partial charge in [0.05, 0.1) is 11.1 Å². The van der Waals surface area contributed by atoms with Crippen LogP contribution in [-0.2, 0) is 12.8 Å². The predicted molar refractivity (Wildman–Crippen MR) is 47.8 cm³/mol. The Morgan fingerprint density at radius 1 is 1.38 bits per heavy atom. The van der Waals surface area contributed by atoms with Gasteiger partial charge >= 0.3 is 6.18 Å². The maximum atomic E-state index is 12.4. The minimum atomic E-state index is -4.85. The summed E-state index contributed by atoms with van der Waals surface area (Å²) in [5.41, 5.74) is -2.76. The fourth-order valence-corrected chi connectivity index (χ4v) is 1.57. The molecule has 0 aliphatic carbocycles. The summed E-state index contributed by atoms with van der Waals surface area (Å²) in [4.78, 5) is 2.82. The van der Waals surface area contributed by atoms with Gasteiger partial charge in [-0.15, -0.1) is 0 Å². The van der Waals surface area contributed by atoms with Crippen LogP contribution in [-0.4, -0.2) is 10.1 Å². The summed E-state index contributed by atoms with van der Waals surface area (Å²) >= 11 is 2.57. The molecule has 0 atom stereocenters. The average Bonchev–Trinajstić information content (AvgIpc) is 2.15. The van der Waals surface area contributed by atoms with Crippen LogP contribution in [0.15, 0.2) is 10.5 Å². The van der Waals surface area contributed by atoms with Gasteiger partial charge < -0.3 is 5.11 Å². The molecule has 1 rings (SSSR count). The van der Waals surface area contributed by atoms with Gasteiger partial charge in [-0.3, -0.25) is 0 Å². The molecule has 1 N–H and O–H groups in total. The molecule has 0 bridgehead atoms. The molecule has 1 aromatic rings. The first kappa shape index (κ1) is 13.3. The lowest BCUT2D eigenvalue weighted by atomic mass is 10.2. The van der Waals surface area contributed by atoms with Crippen LogP contribution in [0.1, 0.15) is 23.4 Å². The molecule has 0 amide bonds. The van der Waals surface area contributed by atoms with Crippen LogP contribution < -0.4 is 0 Å². The number of halogens is 6. The van der Waals surface area contributed by atoms with E-state index in [1.807, 2.05) is 0 Å². The normalized spacial score (nSPS) is 12.2. The number of aliphatic hydroxyl groups excluding tert-OH is 1. The van der Waals surface area contributed by atoms with Crippen molar-refractivity contribution >= 4 is 15.9 Å². The molecule has 0 saturated carbocycles. The van der Waals surface area contributed by atoms with E-state index in [9.17, 15) is 22.0 Å². The number of aliphatic hydroxyl groups is 1. The van der Waals surface area contributed by atoms with Crippen LogP contribution in [0.25, 0.3) is 0 Å². The smallest absolute Gasteiger partial charge is 0.392 e. The van der Waals surface area contributed by atoms with Gasteiger partial charge in [0.2, 0.25) is 0 Å². The topological polar surface area (TPSA) is 33.1 Å². The number of rotatable bonds is 2. The number of hydrogen-bond donors (Lipinski definition) is 1. The van der Waals surface area contributed by atoms with Crippen LogP contribution in [0.3, 0.4) is 0 Å². The Labute approximate surface area is 95.2 Å². The summed E-state index contributed by atoms with van der Waals surface area (Å²) in [6, 6.07) is 0.726. The van der Waals surface area contributed by atoms with Crippen LogP contribution in [0.5, 0.6) is 0 Å². The molecule has 0 spiro atoms. The van der Waals surface area contributed by atoms with Crippen molar-refractivity contribution in [2.75, 3.05) is 0 Å². The van der Waals surface area contributed by atoms with Crippen LogP contribution in [0.2, 0.25) is 0 Å². The lowest BCUT2D eigenvalue weighted by molar-refractivity contribution is -0.142. The third-order valence-corrected chi connectivity index (χ3v) is 2.60. The van der Waals surface area contributed by atoms with Gasteiger partial charge in [-0.1, -0.05) is 0 Å². The number of aromatic nitrogens is 1. The van der Waals surface area contributed by atoms with Crippen molar-refractivity contribution in [1.82, 2.24) is 4.98 Å². The molecule has 0 aliphatic rings. The van der Waals surface area contributed by atoms with Crippen molar-refractivity contribution in [3.05, 3.63) is 27.5 Å². The summed E-state index contributed by atoms with van der Waals surface area (Å²) in [6.45, 7) is -0.786. The van der Waals surface area contributed by atoms with Crippen LogP contribution in [0.4, 0.5) is 22.0 Å². The van der Waals surface area contributed by atoms with Crippen molar-refractivity contribution in [2.45, 2.75) is 19.2 Å². The third-order valence-electron chi connectivity index (χ3n) is 1.72. The lowest BCUT2D eigenvalue weighted by Crippen LogP contribution is -2.12. The van der Waals surface area contributed by atoms with E-state index in [2.05, 4.69) is 20.9 Å². The first-order chi connectivity index (χ1) is 7.27. The van der Waals surface area contributed by atoms with E-state index in [0.29, 0.717) is 0 Å². The van der Waals surface area contributed by atoms with Gasteiger partial charge in [-0.2, -0.15) is 13.2 Å². The fourth-order valence-electron chi connectivity index (χ4n) is 1.02.